The molecule has 0 aliphatic rings. The first-order valence-corrected chi connectivity index (χ1v) is 6.89. The summed E-state index contributed by atoms with van der Waals surface area (Å²) in [5.74, 6) is 0.524. The topological polar surface area (TPSA) is 94.1 Å². The van der Waals surface area contributed by atoms with Gasteiger partial charge in [0.05, 0.1) is 17.6 Å². The van der Waals surface area contributed by atoms with Gasteiger partial charge in [-0.2, -0.15) is 0 Å². The number of aliphatic hydroxyl groups is 1. The number of amides is 1. The first-order valence-electron chi connectivity index (χ1n) is 6.89. The fraction of sp³-hybridized carbons (Fsp3) is 0.375. The molecule has 0 heterocycles. The average molecular weight is 306 g/mol. The molecule has 0 fully saturated rings. The molecule has 1 rings (SSSR count). The van der Waals surface area contributed by atoms with E-state index in [2.05, 4.69) is 4.99 Å². The summed E-state index contributed by atoms with van der Waals surface area (Å²) >= 11 is 0. The van der Waals surface area contributed by atoms with Crippen molar-refractivity contribution in [3.8, 4) is 11.5 Å². The van der Waals surface area contributed by atoms with Crippen LogP contribution in [0.5, 0.6) is 11.5 Å². The Labute approximate surface area is 130 Å². The van der Waals surface area contributed by atoms with Gasteiger partial charge in [0.2, 0.25) is 5.91 Å². The molecular weight excluding hydrogens is 284 g/mol. The summed E-state index contributed by atoms with van der Waals surface area (Å²) in [6, 6.07) is 4.79. The van der Waals surface area contributed by atoms with Crippen LogP contribution in [0.4, 0.5) is 0 Å². The van der Waals surface area contributed by atoms with Crippen molar-refractivity contribution in [3.63, 3.8) is 0 Å². The number of benzene rings is 1. The van der Waals surface area contributed by atoms with Crippen LogP contribution in [-0.2, 0) is 0 Å². The number of rotatable bonds is 7. The molecule has 1 amide bonds. The van der Waals surface area contributed by atoms with E-state index >= 15 is 0 Å². The van der Waals surface area contributed by atoms with Crippen molar-refractivity contribution in [2.75, 3.05) is 13.7 Å². The first kappa shape index (κ1) is 17.6. The van der Waals surface area contributed by atoms with Crippen LogP contribution in [0.15, 0.2) is 35.0 Å². The lowest BCUT2D eigenvalue weighted by molar-refractivity contribution is 0.0999. The van der Waals surface area contributed by atoms with Gasteiger partial charge in [-0.25, -0.2) is 0 Å². The number of aliphatic imine (C=N–C) groups is 1. The van der Waals surface area contributed by atoms with E-state index in [1.165, 1.54) is 12.1 Å². The number of ether oxygens (including phenoxy) is 2. The Morgan fingerprint density at radius 1 is 1.36 bits per heavy atom. The zero-order valence-corrected chi connectivity index (χ0v) is 13.3. The molecule has 0 spiro atoms. The lowest BCUT2D eigenvalue weighted by Crippen LogP contribution is -2.14. The highest BCUT2D eigenvalue weighted by molar-refractivity contribution is 5.96. The molecule has 1 aromatic carbocycles. The second kappa shape index (κ2) is 8.07. The van der Waals surface area contributed by atoms with Crippen LogP contribution in [0.3, 0.4) is 0 Å². The average Bonchev–Trinajstić information content (AvgIpc) is 2.42. The number of nitrogens with two attached hydrogens (primary N) is 1. The van der Waals surface area contributed by atoms with Crippen molar-refractivity contribution in [3.05, 3.63) is 35.6 Å². The van der Waals surface area contributed by atoms with E-state index in [1.54, 1.807) is 26.1 Å². The molecule has 6 nitrogen and oxygen atoms in total. The number of nitrogens with zero attached hydrogens (tertiary/aromatic N) is 1. The molecule has 0 aliphatic carbocycles. The monoisotopic (exact) mass is 306 g/mol. The fourth-order valence-corrected chi connectivity index (χ4v) is 1.71. The maximum atomic E-state index is 11.4. The van der Waals surface area contributed by atoms with Crippen molar-refractivity contribution < 1.29 is 19.4 Å². The van der Waals surface area contributed by atoms with Crippen LogP contribution in [0.25, 0.3) is 0 Å². The van der Waals surface area contributed by atoms with Crippen molar-refractivity contribution in [1.29, 1.82) is 0 Å². The number of carbonyl (C=O) groups is 1. The third-order valence-corrected chi connectivity index (χ3v) is 2.59. The van der Waals surface area contributed by atoms with Crippen LogP contribution in [0.1, 0.15) is 31.1 Å². The normalized spacial score (nSPS) is 12.4. The lowest BCUT2D eigenvalue weighted by atomic mass is 10.2. The third kappa shape index (κ3) is 5.87. The molecule has 6 heteroatoms. The minimum atomic E-state index is -0.561. The summed E-state index contributed by atoms with van der Waals surface area (Å²) in [5.41, 5.74) is 6.18. The first-order chi connectivity index (χ1) is 10.3. The van der Waals surface area contributed by atoms with Crippen LogP contribution in [-0.4, -0.2) is 36.5 Å². The van der Waals surface area contributed by atoms with Gasteiger partial charge in [-0.05, 0) is 39.0 Å². The summed E-state index contributed by atoms with van der Waals surface area (Å²) in [6.07, 6.45) is 1.47. The Hall–Kier alpha value is -2.50. The molecule has 0 saturated carbocycles. The largest absolute Gasteiger partial charge is 0.513 e. The minimum Gasteiger partial charge on any atom is -0.513 e. The Morgan fingerprint density at radius 2 is 2.00 bits per heavy atom. The molecule has 0 bridgehead atoms. The van der Waals surface area contributed by atoms with Crippen LogP contribution in [0.2, 0.25) is 0 Å². The van der Waals surface area contributed by atoms with Crippen molar-refractivity contribution in [1.82, 2.24) is 0 Å². The molecule has 120 valence electrons. The quantitative estimate of drug-likeness (QED) is 0.597. The third-order valence-electron chi connectivity index (χ3n) is 2.59. The van der Waals surface area contributed by atoms with Gasteiger partial charge in [-0.15, -0.1) is 0 Å². The van der Waals surface area contributed by atoms with Crippen molar-refractivity contribution >= 4 is 11.6 Å². The smallest absolute Gasteiger partial charge is 0.248 e. The molecule has 22 heavy (non-hydrogen) atoms. The summed E-state index contributed by atoms with van der Waals surface area (Å²) in [4.78, 5) is 15.4. The van der Waals surface area contributed by atoms with Gasteiger partial charge in [-0.1, -0.05) is 0 Å². The molecule has 0 saturated heterocycles. The molecule has 0 unspecified atom stereocenters. The van der Waals surface area contributed by atoms with Gasteiger partial charge in [-0.3, -0.25) is 9.79 Å². The van der Waals surface area contributed by atoms with Crippen LogP contribution < -0.4 is 15.2 Å². The zero-order valence-electron chi connectivity index (χ0n) is 13.3. The van der Waals surface area contributed by atoms with E-state index in [4.69, 9.17) is 15.2 Å². The SMILES string of the molecule is C/N=C(\C=C(\C)O)COc1cc(OC(C)C)cc(C(N)=O)c1. The highest BCUT2D eigenvalue weighted by atomic mass is 16.5. The second-order valence-corrected chi connectivity index (χ2v) is 5.01. The van der Waals surface area contributed by atoms with E-state index in [-0.39, 0.29) is 18.5 Å². The van der Waals surface area contributed by atoms with Gasteiger partial charge < -0.3 is 20.3 Å². The minimum absolute atomic E-state index is 0.0382. The van der Waals surface area contributed by atoms with Crippen LogP contribution in [0, 0.1) is 0 Å². The van der Waals surface area contributed by atoms with Gasteiger partial charge in [0, 0.05) is 18.7 Å². The Balaban J connectivity index is 2.96. The fourth-order valence-electron chi connectivity index (χ4n) is 1.71. The summed E-state index contributed by atoms with van der Waals surface area (Å²) < 4.78 is 11.2. The Morgan fingerprint density at radius 3 is 2.50 bits per heavy atom. The van der Waals surface area contributed by atoms with Gasteiger partial charge >= 0.3 is 0 Å². The molecule has 0 atom stereocenters. The number of allylic oxidation sites excluding steroid dienone is 1. The summed E-state index contributed by atoms with van der Waals surface area (Å²) in [7, 11) is 1.60. The van der Waals surface area contributed by atoms with E-state index < -0.39 is 5.91 Å². The number of primary amides is 1. The second-order valence-electron chi connectivity index (χ2n) is 5.01. The lowest BCUT2D eigenvalue weighted by Gasteiger charge is -2.13. The predicted molar refractivity (Wildman–Crippen MR) is 86.0 cm³/mol. The van der Waals surface area contributed by atoms with E-state index in [0.29, 0.717) is 22.8 Å². The maximum Gasteiger partial charge on any atom is 0.248 e. The number of hydrogen-bond acceptors (Lipinski definition) is 5. The number of carbonyl (C=O) groups excluding carboxylic acids is 1. The molecular formula is C16H22N2O4. The Kier molecular flexibility index (Phi) is 6.44. The van der Waals surface area contributed by atoms with E-state index in [1.807, 2.05) is 13.8 Å². The van der Waals surface area contributed by atoms with E-state index in [0.717, 1.165) is 0 Å². The van der Waals surface area contributed by atoms with Gasteiger partial charge in [0.1, 0.15) is 18.1 Å². The highest BCUT2D eigenvalue weighted by Gasteiger charge is 2.09. The van der Waals surface area contributed by atoms with E-state index in [9.17, 15) is 9.90 Å². The molecule has 0 aliphatic heterocycles. The van der Waals surface area contributed by atoms with Crippen LogP contribution >= 0.6 is 0 Å². The summed E-state index contributed by atoms with van der Waals surface area (Å²) in [6.45, 7) is 5.47. The molecule has 0 aromatic heterocycles. The predicted octanol–water partition coefficient (Wildman–Crippen LogP) is 2.48. The standard InChI is InChI=1S/C16H22N2O4/c1-10(2)22-15-7-12(16(17)20)6-14(8-15)21-9-13(18-4)5-11(3)19/h5-8,10,19H,9H2,1-4H3,(H2,17,20)/b11-5-,18-13+. The molecule has 3 N–H and O–H groups in total. The Bertz CT molecular complexity index is 588. The molecule has 0 radical (unpaired) electrons. The number of aliphatic hydroxyl groups excluding tert-OH is 1. The highest BCUT2D eigenvalue weighted by Crippen LogP contribution is 2.24. The van der Waals surface area contributed by atoms with Gasteiger partial charge in [0.15, 0.2) is 0 Å². The van der Waals surface area contributed by atoms with Crippen molar-refractivity contribution in [2.24, 2.45) is 10.7 Å². The van der Waals surface area contributed by atoms with Crippen molar-refractivity contribution in [2.45, 2.75) is 26.9 Å². The van der Waals surface area contributed by atoms with Gasteiger partial charge in [0.25, 0.3) is 0 Å². The molecule has 1 aromatic rings. The maximum absolute atomic E-state index is 11.4. The summed E-state index contributed by atoms with van der Waals surface area (Å²) in [5, 5.41) is 9.25. The zero-order chi connectivity index (χ0) is 16.7. The number of hydrogen-bond donors (Lipinski definition) is 2.